The van der Waals surface area contributed by atoms with Gasteiger partial charge in [-0.05, 0) is 36.4 Å². The Kier molecular flexibility index (Phi) is 4.18. The van der Waals surface area contributed by atoms with Crippen molar-refractivity contribution in [3.05, 3.63) is 72.1 Å². The predicted molar refractivity (Wildman–Crippen MR) is 88.2 cm³/mol. The van der Waals surface area contributed by atoms with Crippen LogP contribution in [0.15, 0.2) is 71.1 Å². The zero-order chi connectivity index (χ0) is 14.7. The number of aromatic nitrogens is 1. The van der Waals surface area contributed by atoms with E-state index in [0.29, 0.717) is 0 Å². The molecule has 0 fully saturated rings. The molecule has 0 amide bonds. The van der Waals surface area contributed by atoms with E-state index in [0.717, 1.165) is 25.2 Å². The van der Waals surface area contributed by atoms with Crippen LogP contribution >= 0.6 is 23.1 Å². The highest BCUT2D eigenvalue weighted by molar-refractivity contribution is 7.99. The Morgan fingerprint density at radius 1 is 1.10 bits per heavy atom. The van der Waals surface area contributed by atoms with Gasteiger partial charge in [0.05, 0.1) is 4.88 Å². The standard InChI is InChI=1S/C17H12FNS2/c1-2-17-19-11-16(21-17)14-5-3-4-6-15(14)20-13-9-7-12(18)8-10-13/h2-11H,1H2. The van der Waals surface area contributed by atoms with Crippen LogP contribution in [0.5, 0.6) is 0 Å². The number of hydrogen-bond acceptors (Lipinski definition) is 3. The van der Waals surface area contributed by atoms with Gasteiger partial charge in [-0.1, -0.05) is 36.5 Å². The van der Waals surface area contributed by atoms with Crippen LogP contribution in [0.3, 0.4) is 0 Å². The highest BCUT2D eigenvalue weighted by Gasteiger charge is 2.09. The van der Waals surface area contributed by atoms with Gasteiger partial charge in [-0.25, -0.2) is 9.37 Å². The summed E-state index contributed by atoms with van der Waals surface area (Å²) in [6.45, 7) is 3.74. The molecular weight excluding hydrogens is 301 g/mol. The Bertz CT molecular complexity index is 762. The molecule has 0 aliphatic heterocycles. The molecule has 1 aromatic heterocycles. The first-order valence-corrected chi connectivity index (χ1v) is 8.00. The van der Waals surface area contributed by atoms with Gasteiger partial charge >= 0.3 is 0 Å². The molecular formula is C17H12FNS2. The van der Waals surface area contributed by atoms with E-state index >= 15 is 0 Å². The molecule has 0 saturated carbocycles. The van der Waals surface area contributed by atoms with E-state index in [-0.39, 0.29) is 5.82 Å². The van der Waals surface area contributed by atoms with Crippen LogP contribution < -0.4 is 0 Å². The molecule has 0 radical (unpaired) electrons. The summed E-state index contributed by atoms with van der Waals surface area (Å²) in [5, 5.41) is 0.909. The maximum atomic E-state index is 13.0. The zero-order valence-electron chi connectivity index (χ0n) is 11.1. The molecule has 4 heteroatoms. The molecule has 0 aliphatic rings. The average molecular weight is 313 g/mol. The number of hydrogen-bond donors (Lipinski definition) is 0. The van der Waals surface area contributed by atoms with Crippen molar-refractivity contribution in [1.82, 2.24) is 4.98 Å². The van der Waals surface area contributed by atoms with Crippen LogP contribution in [0.4, 0.5) is 4.39 Å². The summed E-state index contributed by atoms with van der Waals surface area (Å²) < 4.78 is 13.0. The predicted octanol–water partition coefficient (Wildman–Crippen LogP) is 5.74. The average Bonchev–Trinajstić information content (AvgIpc) is 2.99. The number of benzene rings is 2. The van der Waals surface area contributed by atoms with Gasteiger partial charge in [-0.3, -0.25) is 0 Å². The molecule has 0 unspecified atom stereocenters. The first kappa shape index (κ1) is 14.0. The van der Waals surface area contributed by atoms with Crippen LogP contribution in [-0.4, -0.2) is 4.98 Å². The molecule has 1 heterocycles. The number of thiazole rings is 1. The smallest absolute Gasteiger partial charge is 0.123 e. The minimum Gasteiger partial charge on any atom is -0.245 e. The van der Waals surface area contributed by atoms with Gasteiger partial charge in [0, 0.05) is 21.6 Å². The largest absolute Gasteiger partial charge is 0.245 e. The summed E-state index contributed by atoms with van der Waals surface area (Å²) in [5.41, 5.74) is 1.14. The fourth-order valence-electron chi connectivity index (χ4n) is 1.90. The Morgan fingerprint density at radius 2 is 1.86 bits per heavy atom. The first-order valence-electron chi connectivity index (χ1n) is 6.37. The van der Waals surface area contributed by atoms with Crippen molar-refractivity contribution in [2.45, 2.75) is 9.79 Å². The van der Waals surface area contributed by atoms with E-state index in [1.807, 2.05) is 18.3 Å². The van der Waals surface area contributed by atoms with Crippen LogP contribution in [0, 0.1) is 5.82 Å². The van der Waals surface area contributed by atoms with Crippen LogP contribution in [-0.2, 0) is 0 Å². The highest BCUT2D eigenvalue weighted by Crippen LogP contribution is 2.38. The van der Waals surface area contributed by atoms with Gasteiger partial charge in [0.15, 0.2) is 0 Å². The Hall–Kier alpha value is -1.91. The third-order valence-corrected chi connectivity index (χ3v) is 5.00. The molecule has 0 saturated heterocycles. The first-order chi connectivity index (χ1) is 10.3. The molecule has 0 spiro atoms. The SMILES string of the molecule is C=Cc1ncc(-c2ccccc2Sc2ccc(F)cc2)s1. The Labute approximate surface area is 131 Å². The van der Waals surface area contributed by atoms with Crippen molar-refractivity contribution in [2.75, 3.05) is 0 Å². The van der Waals surface area contributed by atoms with E-state index < -0.39 is 0 Å². The van der Waals surface area contributed by atoms with Gasteiger partial charge in [0.25, 0.3) is 0 Å². The summed E-state index contributed by atoms with van der Waals surface area (Å²) in [6, 6.07) is 14.7. The molecule has 1 nitrogen and oxygen atoms in total. The third kappa shape index (κ3) is 3.23. The van der Waals surface area contributed by atoms with Crippen LogP contribution in [0.1, 0.15) is 5.01 Å². The second-order valence-corrected chi connectivity index (χ2v) is 6.50. The van der Waals surface area contributed by atoms with E-state index in [9.17, 15) is 4.39 Å². The molecule has 0 N–H and O–H groups in total. The normalized spacial score (nSPS) is 10.5. The topological polar surface area (TPSA) is 12.9 Å². The lowest BCUT2D eigenvalue weighted by Crippen LogP contribution is -1.80. The van der Waals surface area contributed by atoms with Crippen molar-refractivity contribution in [3.8, 4) is 10.4 Å². The lowest BCUT2D eigenvalue weighted by molar-refractivity contribution is 0.626. The van der Waals surface area contributed by atoms with Gasteiger partial charge in [0.2, 0.25) is 0 Å². The second-order valence-electron chi connectivity index (χ2n) is 4.32. The quantitative estimate of drug-likeness (QED) is 0.609. The molecule has 3 rings (SSSR count). The molecule has 0 atom stereocenters. The lowest BCUT2D eigenvalue weighted by atomic mass is 10.2. The maximum absolute atomic E-state index is 13.0. The Morgan fingerprint density at radius 3 is 2.57 bits per heavy atom. The number of nitrogens with zero attached hydrogens (tertiary/aromatic N) is 1. The zero-order valence-corrected chi connectivity index (χ0v) is 12.8. The number of halogens is 1. The summed E-state index contributed by atoms with van der Waals surface area (Å²) >= 11 is 3.23. The van der Waals surface area contributed by atoms with Crippen molar-refractivity contribution < 1.29 is 4.39 Å². The Balaban J connectivity index is 1.95. The molecule has 0 bridgehead atoms. The molecule has 0 aliphatic carbocycles. The van der Waals surface area contributed by atoms with E-state index in [4.69, 9.17) is 0 Å². The fourth-order valence-corrected chi connectivity index (χ4v) is 3.73. The maximum Gasteiger partial charge on any atom is 0.123 e. The lowest BCUT2D eigenvalue weighted by Gasteiger charge is -2.07. The van der Waals surface area contributed by atoms with E-state index in [1.165, 1.54) is 12.1 Å². The molecule has 2 aromatic carbocycles. The summed E-state index contributed by atoms with van der Waals surface area (Å²) in [6.07, 6.45) is 3.62. The molecule has 3 aromatic rings. The third-order valence-electron chi connectivity index (χ3n) is 2.89. The molecule has 21 heavy (non-hydrogen) atoms. The van der Waals surface area contributed by atoms with E-state index in [2.05, 4.69) is 23.7 Å². The summed E-state index contributed by atoms with van der Waals surface area (Å²) in [7, 11) is 0. The van der Waals surface area contributed by atoms with Crippen molar-refractivity contribution in [3.63, 3.8) is 0 Å². The summed E-state index contributed by atoms with van der Waals surface area (Å²) in [4.78, 5) is 7.56. The minimum atomic E-state index is -0.217. The molecule has 104 valence electrons. The van der Waals surface area contributed by atoms with Gasteiger partial charge in [-0.15, -0.1) is 11.3 Å². The second kappa shape index (κ2) is 6.24. The van der Waals surface area contributed by atoms with Crippen LogP contribution in [0.25, 0.3) is 16.5 Å². The van der Waals surface area contributed by atoms with Crippen LogP contribution in [0.2, 0.25) is 0 Å². The minimum absolute atomic E-state index is 0.217. The monoisotopic (exact) mass is 313 g/mol. The van der Waals surface area contributed by atoms with Gasteiger partial charge in [-0.2, -0.15) is 0 Å². The fraction of sp³-hybridized carbons (Fsp3) is 0. The van der Waals surface area contributed by atoms with Crippen molar-refractivity contribution in [2.24, 2.45) is 0 Å². The van der Waals surface area contributed by atoms with Gasteiger partial charge < -0.3 is 0 Å². The van der Waals surface area contributed by atoms with E-state index in [1.54, 1.807) is 41.3 Å². The number of rotatable bonds is 4. The summed E-state index contributed by atoms with van der Waals surface area (Å²) in [5.74, 6) is -0.217. The van der Waals surface area contributed by atoms with Crippen molar-refractivity contribution in [1.29, 1.82) is 0 Å². The van der Waals surface area contributed by atoms with Gasteiger partial charge in [0.1, 0.15) is 10.8 Å². The van der Waals surface area contributed by atoms with Crippen molar-refractivity contribution >= 4 is 29.2 Å². The highest BCUT2D eigenvalue weighted by atomic mass is 32.2.